The van der Waals surface area contributed by atoms with E-state index in [9.17, 15) is 14.4 Å². The third-order valence-corrected chi connectivity index (χ3v) is 6.08. The number of rotatable bonds is 2. The summed E-state index contributed by atoms with van der Waals surface area (Å²) in [4.78, 5) is 43.2. The molecule has 2 aromatic heterocycles. The molecule has 1 amide bonds. The van der Waals surface area contributed by atoms with E-state index in [2.05, 4.69) is 4.98 Å². The Morgan fingerprint density at radius 1 is 1.04 bits per heavy atom. The van der Waals surface area contributed by atoms with Gasteiger partial charge < -0.3 is 14.5 Å². The molecule has 1 N–H and O–H groups in total. The lowest BCUT2D eigenvalue weighted by Gasteiger charge is -2.42. The number of carbonyl (C=O) groups excluding carboxylic acids is 2. The van der Waals surface area contributed by atoms with Crippen LogP contribution in [0, 0.1) is 12.8 Å². The molecule has 3 aromatic rings. The Morgan fingerprint density at radius 3 is 2.71 bits per heavy atom. The minimum Gasteiger partial charge on any atom is -0.358 e. The van der Waals surface area contributed by atoms with Crippen molar-refractivity contribution < 1.29 is 9.59 Å². The molecule has 0 radical (unpaired) electrons. The van der Waals surface area contributed by atoms with Crippen molar-refractivity contribution in [1.82, 2.24) is 14.5 Å². The van der Waals surface area contributed by atoms with Crippen LogP contribution in [0.5, 0.6) is 0 Å². The molecule has 0 spiro atoms. The number of hydrogen-bond donors (Lipinski definition) is 1. The second-order valence-corrected chi connectivity index (χ2v) is 7.91. The minimum absolute atomic E-state index is 0.0115. The van der Waals surface area contributed by atoms with Crippen LogP contribution in [-0.4, -0.2) is 39.2 Å². The fraction of sp³-hybridized carbons (Fsp3) is 0.318. The van der Waals surface area contributed by atoms with Crippen molar-refractivity contribution in [2.45, 2.75) is 25.8 Å². The van der Waals surface area contributed by atoms with Gasteiger partial charge in [0, 0.05) is 53.9 Å². The molecule has 1 aromatic carbocycles. The normalized spacial score (nSPS) is 20.8. The molecule has 0 saturated carbocycles. The van der Waals surface area contributed by atoms with Gasteiger partial charge in [-0.3, -0.25) is 14.4 Å². The van der Waals surface area contributed by atoms with Crippen molar-refractivity contribution in [1.29, 1.82) is 0 Å². The van der Waals surface area contributed by atoms with Gasteiger partial charge >= 0.3 is 0 Å². The summed E-state index contributed by atoms with van der Waals surface area (Å²) in [6, 6.07) is 12.9. The summed E-state index contributed by atoms with van der Waals surface area (Å²) in [5.74, 6) is -0.607. The summed E-state index contributed by atoms with van der Waals surface area (Å²) >= 11 is 0. The number of ketones is 1. The van der Waals surface area contributed by atoms with Crippen molar-refractivity contribution >= 4 is 22.6 Å². The maximum atomic E-state index is 13.1. The van der Waals surface area contributed by atoms with Crippen LogP contribution in [0.1, 0.15) is 34.1 Å². The lowest BCUT2D eigenvalue weighted by Crippen LogP contribution is -2.50. The Hall–Kier alpha value is -3.15. The number of aromatic amines is 1. The van der Waals surface area contributed by atoms with Crippen LogP contribution in [0.15, 0.2) is 47.3 Å². The average molecular weight is 375 g/mol. The van der Waals surface area contributed by atoms with E-state index in [-0.39, 0.29) is 17.4 Å². The molecule has 2 atom stereocenters. The van der Waals surface area contributed by atoms with Gasteiger partial charge in [0.15, 0.2) is 0 Å². The molecule has 0 unspecified atom stereocenters. The van der Waals surface area contributed by atoms with Crippen LogP contribution in [-0.2, 0) is 11.3 Å². The van der Waals surface area contributed by atoms with E-state index in [4.69, 9.17) is 0 Å². The van der Waals surface area contributed by atoms with Gasteiger partial charge in [-0.1, -0.05) is 24.3 Å². The van der Waals surface area contributed by atoms with Crippen LogP contribution in [0.3, 0.4) is 0 Å². The molecular weight excluding hydrogens is 354 g/mol. The van der Waals surface area contributed by atoms with Crippen molar-refractivity contribution in [3.63, 3.8) is 0 Å². The zero-order valence-corrected chi connectivity index (χ0v) is 15.6. The van der Waals surface area contributed by atoms with Gasteiger partial charge in [0.1, 0.15) is 0 Å². The van der Waals surface area contributed by atoms with Gasteiger partial charge in [-0.15, -0.1) is 0 Å². The molecular formula is C22H21N3O3. The molecule has 2 bridgehead atoms. The molecule has 4 heterocycles. The number of hydrogen-bond acceptors (Lipinski definition) is 3. The van der Waals surface area contributed by atoms with Gasteiger partial charge in [0.25, 0.3) is 17.2 Å². The molecule has 1 fully saturated rings. The number of piperidine rings is 1. The Kier molecular flexibility index (Phi) is 3.75. The third-order valence-electron chi connectivity index (χ3n) is 6.08. The Morgan fingerprint density at radius 2 is 1.86 bits per heavy atom. The number of nitrogens with zero attached hydrogens (tertiary/aromatic N) is 2. The number of pyridine rings is 1. The Labute approximate surface area is 161 Å². The fourth-order valence-electron chi connectivity index (χ4n) is 4.88. The van der Waals surface area contributed by atoms with Crippen molar-refractivity contribution in [3.05, 3.63) is 69.8 Å². The molecule has 6 heteroatoms. The Balaban J connectivity index is 1.46. The lowest BCUT2D eigenvalue weighted by atomic mass is 9.83. The number of benzene rings is 1. The van der Waals surface area contributed by atoms with Crippen molar-refractivity contribution in [2.75, 3.05) is 13.1 Å². The van der Waals surface area contributed by atoms with Crippen molar-refractivity contribution in [2.24, 2.45) is 5.92 Å². The second kappa shape index (κ2) is 6.19. The minimum atomic E-state index is -0.458. The number of carbonyl (C=O) groups is 2. The first-order chi connectivity index (χ1) is 13.5. The quantitative estimate of drug-likeness (QED) is 0.552. The number of likely N-dealkylation sites (tertiary alicyclic amines) is 1. The molecule has 2 aliphatic heterocycles. The van der Waals surface area contributed by atoms with Crippen LogP contribution >= 0.6 is 0 Å². The first-order valence-electron chi connectivity index (χ1n) is 9.63. The maximum Gasteiger partial charge on any atom is 0.295 e. The zero-order valence-electron chi connectivity index (χ0n) is 15.6. The highest BCUT2D eigenvalue weighted by Gasteiger charge is 2.38. The topological polar surface area (TPSA) is 75.2 Å². The second-order valence-electron chi connectivity index (χ2n) is 7.91. The molecule has 0 aliphatic carbocycles. The highest BCUT2D eigenvalue weighted by Crippen LogP contribution is 2.35. The molecule has 2 aliphatic rings. The first-order valence-corrected chi connectivity index (χ1v) is 9.63. The lowest BCUT2D eigenvalue weighted by molar-refractivity contribution is -0.129. The number of amides is 1. The molecule has 6 nitrogen and oxygen atoms in total. The third kappa shape index (κ3) is 2.52. The largest absolute Gasteiger partial charge is 0.358 e. The van der Waals surface area contributed by atoms with E-state index in [0.717, 1.165) is 23.0 Å². The number of aryl methyl sites for hydroxylation is 1. The molecule has 5 rings (SSSR count). The number of aromatic nitrogens is 2. The van der Waals surface area contributed by atoms with Crippen LogP contribution in [0.25, 0.3) is 10.9 Å². The fourth-order valence-corrected chi connectivity index (χ4v) is 4.88. The predicted molar refractivity (Wildman–Crippen MR) is 105 cm³/mol. The van der Waals surface area contributed by atoms with Crippen molar-refractivity contribution in [3.8, 4) is 0 Å². The maximum absolute atomic E-state index is 13.1. The predicted octanol–water partition coefficient (Wildman–Crippen LogP) is 2.47. The number of nitrogens with one attached hydrogen (secondary N) is 1. The summed E-state index contributed by atoms with van der Waals surface area (Å²) in [5, 5.41) is 0.785. The highest BCUT2D eigenvalue weighted by molar-refractivity contribution is 6.45. The standard InChI is InChI=1S/C22H21N3O3/c1-13-20(16-5-2-3-6-17(16)23-13)21(27)22(28)24-10-14-9-15(12-24)18-7-4-8-19(26)25(18)11-14/h2-8,14-15,23H,9-12H2,1H3/t14-,15-/m1/s1. The smallest absolute Gasteiger partial charge is 0.295 e. The highest BCUT2D eigenvalue weighted by atomic mass is 16.2. The number of H-pyrrole nitrogens is 1. The van der Waals surface area contributed by atoms with E-state index < -0.39 is 11.7 Å². The molecule has 28 heavy (non-hydrogen) atoms. The van der Waals surface area contributed by atoms with Crippen LogP contribution in [0.4, 0.5) is 0 Å². The number of para-hydroxylation sites is 1. The van der Waals surface area contributed by atoms with Gasteiger partial charge in [0.05, 0.1) is 5.56 Å². The van der Waals surface area contributed by atoms with Gasteiger partial charge in [0.2, 0.25) is 0 Å². The molecule has 142 valence electrons. The van der Waals surface area contributed by atoms with E-state index in [1.54, 1.807) is 17.0 Å². The summed E-state index contributed by atoms with van der Waals surface area (Å²) in [6.45, 7) is 3.43. The van der Waals surface area contributed by atoms with E-state index in [1.165, 1.54) is 0 Å². The zero-order chi connectivity index (χ0) is 19.4. The van der Waals surface area contributed by atoms with Crippen LogP contribution in [0.2, 0.25) is 0 Å². The summed E-state index contributed by atoms with van der Waals surface area (Å²) in [6.07, 6.45) is 0.952. The first kappa shape index (κ1) is 17.0. The summed E-state index contributed by atoms with van der Waals surface area (Å²) in [7, 11) is 0. The average Bonchev–Trinajstić information content (AvgIpc) is 3.03. The van der Waals surface area contributed by atoms with Gasteiger partial charge in [-0.2, -0.15) is 0 Å². The summed E-state index contributed by atoms with van der Waals surface area (Å²) in [5.41, 5.74) is 3.02. The Bertz CT molecular complexity index is 1170. The number of Topliss-reactive ketones (excluding diaryl/α,β-unsaturated/α-hetero) is 1. The number of fused-ring (bicyclic) bond motifs is 5. The summed E-state index contributed by atoms with van der Waals surface area (Å²) < 4.78 is 1.83. The van der Waals surface area contributed by atoms with E-state index in [0.29, 0.717) is 30.9 Å². The van der Waals surface area contributed by atoms with E-state index in [1.807, 2.05) is 41.8 Å². The van der Waals surface area contributed by atoms with E-state index >= 15 is 0 Å². The van der Waals surface area contributed by atoms with Crippen LogP contribution < -0.4 is 5.56 Å². The molecule has 1 saturated heterocycles. The van der Waals surface area contributed by atoms with Gasteiger partial charge in [-0.05, 0) is 31.4 Å². The SMILES string of the molecule is Cc1[nH]c2ccccc2c1C(=O)C(=O)N1C[C@H]2C[C@H](C1)c1cccc(=O)n1C2. The van der Waals surface area contributed by atoms with Gasteiger partial charge in [-0.25, -0.2) is 0 Å². The monoisotopic (exact) mass is 375 g/mol.